The van der Waals surface area contributed by atoms with Crippen LogP contribution in [0.4, 0.5) is 10.5 Å². The van der Waals surface area contributed by atoms with Crippen LogP contribution in [-0.4, -0.2) is 23.5 Å². The van der Waals surface area contributed by atoms with Gasteiger partial charge < -0.3 is 10.2 Å². The van der Waals surface area contributed by atoms with E-state index in [4.69, 9.17) is 11.6 Å². The van der Waals surface area contributed by atoms with Crippen LogP contribution in [0.15, 0.2) is 24.3 Å². The largest absolute Gasteiger partial charge is 0.322 e. The second-order valence-corrected chi connectivity index (χ2v) is 5.12. The zero-order valence-corrected chi connectivity index (χ0v) is 11.4. The minimum absolute atomic E-state index is 0.00359. The molecule has 0 spiro atoms. The highest BCUT2D eigenvalue weighted by atomic mass is 35.5. The Morgan fingerprint density at radius 2 is 2.11 bits per heavy atom. The van der Waals surface area contributed by atoms with Crippen LogP contribution in [-0.2, 0) is 0 Å². The van der Waals surface area contributed by atoms with Crippen molar-refractivity contribution in [2.24, 2.45) is 0 Å². The molecule has 18 heavy (non-hydrogen) atoms. The molecule has 1 fully saturated rings. The zero-order valence-electron chi connectivity index (χ0n) is 10.7. The van der Waals surface area contributed by atoms with Crippen LogP contribution in [0.2, 0.25) is 5.02 Å². The molecule has 1 aliphatic heterocycles. The van der Waals surface area contributed by atoms with E-state index in [1.54, 1.807) is 12.1 Å². The molecular formula is C14H19ClN2O. The number of nitrogens with zero attached hydrogens (tertiary/aromatic N) is 1. The lowest BCUT2D eigenvalue weighted by Gasteiger charge is -2.35. The van der Waals surface area contributed by atoms with Crippen LogP contribution in [0.25, 0.3) is 0 Å². The smallest absolute Gasteiger partial charge is 0.322 e. The second kappa shape index (κ2) is 6.10. The standard InChI is InChI=1S/C14H19ClN2O/c1-2-13-5-3-4-10-17(13)14(18)16-12-8-6-11(15)7-9-12/h6-9,13H,2-5,10H2,1H3,(H,16,18). The number of anilines is 1. The minimum atomic E-state index is 0.00359. The summed E-state index contributed by atoms with van der Waals surface area (Å²) in [7, 11) is 0. The first-order valence-electron chi connectivity index (χ1n) is 6.54. The van der Waals surface area contributed by atoms with Crippen molar-refractivity contribution in [1.29, 1.82) is 0 Å². The van der Waals surface area contributed by atoms with Gasteiger partial charge in [0.1, 0.15) is 0 Å². The van der Waals surface area contributed by atoms with Crippen molar-refractivity contribution in [3.8, 4) is 0 Å². The molecule has 1 saturated heterocycles. The molecule has 4 heteroatoms. The first-order chi connectivity index (χ1) is 8.70. The van der Waals surface area contributed by atoms with Crippen LogP contribution < -0.4 is 5.32 Å². The van der Waals surface area contributed by atoms with E-state index < -0.39 is 0 Å². The lowest BCUT2D eigenvalue weighted by Crippen LogP contribution is -2.45. The predicted octanol–water partition coefficient (Wildman–Crippen LogP) is 4.14. The Hall–Kier alpha value is -1.22. The minimum Gasteiger partial charge on any atom is -0.322 e. The molecule has 2 rings (SSSR count). The molecule has 1 atom stereocenters. The molecule has 3 nitrogen and oxygen atoms in total. The monoisotopic (exact) mass is 266 g/mol. The fourth-order valence-electron chi connectivity index (χ4n) is 2.42. The molecule has 1 unspecified atom stereocenters. The van der Waals surface area contributed by atoms with Gasteiger partial charge in [-0.05, 0) is 49.9 Å². The van der Waals surface area contributed by atoms with E-state index in [0.717, 1.165) is 31.5 Å². The Labute approximate surface area is 113 Å². The Bertz CT molecular complexity index is 405. The third-order valence-electron chi connectivity index (χ3n) is 3.45. The molecule has 0 aliphatic carbocycles. The second-order valence-electron chi connectivity index (χ2n) is 4.69. The predicted molar refractivity (Wildman–Crippen MR) is 75.1 cm³/mol. The maximum atomic E-state index is 12.2. The molecule has 1 N–H and O–H groups in total. The SMILES string of the molecule is CCC1CCCCN1C(=O)Nc1ccc(Cl)cc1. The fourth-order valence-corrected chi connectivity index (χ4v) is 2.55. The van der Waals surface area contributed by atoms with E-state index >= 15 is 0 Å². The first-order valence-corrected chi connectivity index (χ1v) is 6.91. The maximum Gasteiger partial charge on any atom is 0.322 e. The number of amides is 2. The summed E-state index contributed by atoms with van der Waals surface area (Å²) in [5.74, 6) is 0. The molecule has 1 heterocycles. The summed E-state index contributed by atoms with van der Waals surface area (Å²) >= 11 is 5.82. The molecule has 0 aromatic heterocycles. The Morgan fingerprint density at radius 1 is 1.39 bits per heavy atom. The van der Waals surface area contributed by atoms with Gasteiger partial charge in [0, 0.05) is 23.3 Å². The van der Waals surface area contributed by atoms with E-state index in [2.05, 4.69) is 12.2 Å². The molecule has 2 amide bonds. The van der Waals surface area contributed by atoms with Gasteiger partial charge in [0.05, 0.1) is 0 Å². The molecule has 1 aromatic rings. The van der Waals surface area contributed by atoms with E-state index in [1.165, 1.54) is 6.42 Å². The van der Waals surface area contributed by atoms with Crippen LogP contribution in [0.5, 0.6) is 0 Å². The summed E-state index contributed by atoms with van der Waals surface area (Å²) < 4.78 is 0. The van der Waals surface area contributed by atoms with Crippen molar-refractivity contribution in [2.75, 3.05) is 11.9 Å². The summed E-state index contributed by atoms with van der Waals surface area (Å²) in [6, 6.07) is 7.60. The number of likely N-dealkylation sites (tertiary alicyclic amines) is 1. The number of carbonyl (C=O) groups excluding carboxylic acids is 1. The van der Waals surface area contributed by atoms with Crippen molar-refractivity contribution < 1.29 is 4.79 Å². The number of piperidine rings is 1. The van der Waals surface area contributed by atoms with Gasteiger partial charge >= 0.3 is 6.03 Å². The van der Waals surface area contributed by atoms with E-state index in [9.17, 15) is 4.79 Å². The third kappa shape index (κ3) is 3.16. The number of benzene rings is 1. The van der Waals surface area contributed by atoms with E-state index in [1.807, 2.05) is 17.0 Å². The van der Waals surface area contributed by atoms with E-state index in [0.29, 0.717) is 11.1 Å². The molecule has 0 bridgehead atoms. The summed E-state index contributed by atoms with van der Waals surface area (Å²) in [5, 5.41) is 3.61. The van der Waals surface area contributed by atoms with Gasteiger partial charge in [-0.1, -0.05) is 18.5 Å². The van der Waals surface area contributed by atoms with Gasteiger partial charge in [-0.25, -0.2) is 4.79 Å². The molecule has 1 aromatic carbocycles. The third-order valence-corrected chi connectivity index (χ3v) is 3.71. The van der Waals surface area contributed by atoms with Gasteiger partial charge in [0.2, 0.25) is 0 Å². The van der Waals surface area contributed by atoms with Crippen molar-refractivity contribution in [3.05, 3.63) is 29.3 Å². The normalized spacial score (nSPS) is 19.7. The number of halogens is 1. The molecule has 0 radical (unpaired) electrons. The number of hydrogen-bond donors (Lipinski definition) is 1. The van der Waals surface area contributed by atoms with Gasteiger partial charge in [-0.2, -0.15) is 0 Å². The molecular weight excluding hydrogens is 248 g/mol. The fraction of sp³-hybridized carbons (Fsp3) is 0.500. The Balaban J connectivity index is 2.00. The van der Waals surface area contributed by atoms with Gasteiger partial charge in [-0.3, -0.25) is 0 Å². The van der Waals surface area contributed by atoms with Gasteiger partial charge in [-0.15, -0.1) is 0 Å². The van der Waals surface area contributed by atoms with Crippen molar-refractivity contribution in [1.82, 2.24) is 4.90 Å². The molecule has 0 saturated carbocycles. The summed E-state index contributed by atoms with van der Waals surface area (Å²) in [6.07, 6.45) is 4.46. The van der Waals surface area contributed by atoms with Gasteiger partial charge in [0.25, 0.3) is 0 Å². The topological polar surface area (TPSA) is 32.3 Å². The van der Waals surface area contributed by atoms with Gasteiger partial charge in [0.15, 0.2) is 0 Å². The first kappa shape index (κ1) is 13.2. The van der Waals surface area contributed by atoms with Crippen molar-refractivity contribution in [3.63, 3.8) is 0 Å². The summed E-state index contributed by atoms with van der Waals surface area (Å²) in [4.78, 5) is 14.2. The summed E-state index contributed by atoms with van der Waals surface area (Å²) in [5.41, 5.74) is 0.796. The lowest BCUT2D eigenvalue weighted by atomic mass is 10.0. The van der Waals surface area contributed by atoms with E-state index in [-0.39, 0.29) is 6.03 Å². The van der Waals surface area contributed by atoms with Crippen LogP contribution in [0, 0.1) is 0 Å². The van der Waals surface area contributed by atoms with Crippen molar-refractivity contribution in [2.45, 2.75) is 38.6 Å². The Morgan fingerprint density at radius 3 is 2.78 bits per heavy atom. The number of nitrogens with one attached hydrogen (secondary N) is 1. The number of hydrogen-bond acceptors (Lipinski definition) is 1. The number of carbonyl (C=O) groups is 1. The Kier molecular flexibility index (Phi) is 4.48. The van der Waals surface area contributed by atoms with Crippen LogP contribution in [0.3, 0.4) is 0 Å². The quantitative estimate of drug-likeness (QED) is 0.857. The van der Waals surface area contributed by atoms with Crippen molar-refractivity contribution >= 4 is 23.3 Å². The highest BCUT2D eigenvalue weighted by Crippen LogP contribution is 2.21. The number of rotatable bonds is 2. The highest BCUT2D eigenvalue weighted by molar-refractivity contribution is 6.30. The molecule has 98 valence electrons. The zero-order chi connectivity index (χ0) is 13.0. The average Bonchev–Trinajstić information content (AvgIpc) is 2.41. The lowest BCUT2D eigenvalue weighted by molar-refractivity contribution is 0.160. The van der Waals surface area contributed by atoms with Crippen LogP contribution >= 0.6 is 11.6 Å². The molecule has 1 aliphatic rings. The summed E-state index contributed by atoms with van der Waals surface area (Å²) in [6.45, 7) is 3.00. The maximum absolute atomic E-state index is 12.2. The number of urea groups is 1. The highest BCUT2D eigenvalue weighted by Gasteiger charge is 2.25. The average molecular weight is 267 g/mol. The van der Waals surface area contributed by atoms with Crippen LogP contribution in [0.1, 0.15) is 32.6 Å².